The molecule has 1 aliphatic rings. The summed E-state index contributed by atoms with van der Waals surface area (Å²) in [4.78, 5) is 0. The molecule has 0 spiro atoms. The molecule has 1 aliphatic carbocycles. The van der Waals surface area contributed by atoms with Crippen molar-refractivity contribution < 1.29 is 4.42 Å². The minimum absolute atomic E-state index is 0.318. The highest BCUT2D eigenvalue weighted by molar-refractivity contribution is 5.09. The first kappa shape index (κ1) is 14.6. The maximum Gasteiger partial charge on any atom is 0.120 e. The van der Waals surface area contributed by atoms with Gasteiger partial charge in [-0.25, -0.2) is 0 Å². The average Bonchev–Trinajstić information content (AvgIpc) is 2.95. The van der Waals surface area contributed by atoms with Crippen molar-refractivity contribution >= 4 is 0 Å². The quantitative estimate of drug-likeness (QED) is 0.794. The molecule has 108 valence electrons. The fourth-order valence-corrected chi connectivity index (χ4v) is 3.60. The largest absolute Gasteiger partial charge is 0.465 e. The minimum atomic E-state index is 0.318. The number of rotatable bonds is 6. The molecule has 0 aliphatic heterocycles. The molecule has 1 heterocycles. The molecule has 19 heavy (non-hydrogen) atoms. The number of hydrogen-bond acceptors (Lipinski definition) is 2. The van der Waals surface area contributed by atoms with Gasteiger partial charge >= 0.3 is 0 Å². The predicted octanol–water partition coefficient (Wildman–Crippen LogP) is 4.85. The third-order valence-electron chi connectivity index (χ3n) is 4.48. The monoisotopic (exact) mass is 263 g/mol. The van der Waals surface area contributed by atoms with E-state index in [0.717, 1.165) is 24.0 Å². The highest BCUT2D eigenvalue weighted by atomic mass is 16.3. The van der Waals surface area contributed by atoms with Crippen LogP contribution in [0.2, 0.25) is 0 Å². The molecule has 2 heteroatoms. The Morgan fingerprint density at radius 1 is 1.21 bits per heavy atom. The van der Waals surface area contributed by atoms with E-state index in [4.69, 9.17) is 4.42 Å². The summed E-state index contributed by atoms with van der Waals surface area (Å²) in [5, 5.41) is 3.71. The van der Waals surface area contributed by atoms with Crippen LogP contribution < -0.4 is 5.32 Å². The van der Waals surface area contributed by atoms with Crippen LogP contribution in [0.15, 0.2) is 16.5 Å². The Hall–Kier alpha value is -0.760. The van der Waals surface area contributed by atoms with Crippen LogP contribution in [0.5, 0.6) is 0 Å². The Labute approximate surface area is 118 Å². The summed E-state index contributed by atoms with van der Waals surface area (Å²) >= 11 is 0. The fourth-order valence-electron chi connectivity index (χ4n) is 3.60. The summed E-state index contributed by atoms with van der Waals surface area (Å²) < 4.78 is 5.71. The molecule has 1 N–H and O–H groups in total. The maximum absolute atomic E-state index is 5.71. The van der Waals surface area contributed by atoms with Crippen molar-refractivity contribution in [2.75, 3.05) is 6.54 Å². The van der Waals surface area contributed by atoms with Gasteiger partial charge in [0.2, 0.25) is 0 Å². The Morgan fingerprint density at radius 3 is 2.42 bits per heavy atom. The predicted molar refractivity (Wildman–Crippen MR) is 80.2 cm³/mol. The van der Waals surface area contributed by atoms with E-state index >= 15 is 0 Å². The topological polar surface area (TPSA) is 25.2 Å². The molecule has 0 bridgehead atoms. The third-order valence-corrected chi connectivity index (χ3v) is 4.48. The smallest absolute Gasteiger partial charge is 0.120 e. The van der Waals surface area contributed by atoms with Crippen LogP contribution in [0.4, 0.5) is 0 Å². The standard InChI is InChI=1S/C17H29NO/c1-13(2)11-17(9-5-6-10-17)12-18-15(4)16-8-7-14(3)19-16/h7-8,13,15,18H,5-6,9-12H2,1-4H3. The highest BCUT2D eigenvalue weighted by Gasteiger charge is 2.34. The zero-order valence-corrected chi connectivity index (χ0v) is 13.0. The first-order valence-electron chi connectivity index (χ1n) is 7.80. The molecule has 0 saturated heterocycles. The molecule has 1 atom stereocenters. The molecule has 0 radical (unpaired) electrons. The van der Waals surface area contributed by atoms with Crippen molar-refractivity contribution in [1.29, 1.82) is 0 Å². The van der Waals surface area contributed by atoms with Crippen molar-refractivity contribution in [1.82, 2.24) is 5.32 Å². The lowest BCUT2D eigenvalue weighted by atomic mass is 9.78. The summed E-state index contributed by atoms with van der Waals surface area (Å²) in [6, 6.07) is 4.46. The van der Waals surface area contributed by atoms with Gasteiger partial charge < -0.3 is 9.73 Å². The van der Waals surface area contributed by atoms with E-state index in [2.05, 4.69) is 32.2 Å². The zero-order valence-electron chi connectivity index (χ0n) is 13.0. The van der Waals surface area contributed by atoms with Crippen molar-refractivity contribution in [2.45, 2.75) is 65.8 Å². The van der Waals surface area contributed by atoms with Gasteiger partial charge in [-0.2, -0.15) is 0 Å². The molecule has 0 aromatic carbocycles. The first-order valence-corrected chi connectivity index (χ1v) is 7.80. The van der Waals surface area contributed by atoms with Crippen LogP contribution in [-0.2, 0) is 0 Å². The number of furan rings is 1. The lowest BCUT2D eigenvalue weighted by Gasteiger charge is -2.32. The van der Waals surface area contributed by atoms with Crippen molar-refractivity contribution in [3.8, 4) is 0 Å². The number of hydrogen-bond donors (Lipinski definition) is 1. The van der Waals surface area contributed by atoms with Gasteiger partial charge in [0, 0.05) is 6.54 Å². The molecule has 0 amide bonds. The van der Waals surface area contributed by atoms with Crippen molar-refractivity contribution in [3.05, 3.63) is 23.7 Å². The summed E-state index contributed by atoms with van der Waals surface area (Å²) in [5.41, 5.74) is 0.532. The maximum atomic E-state index is 5.71. The van der Waals surface area contributed by atoms with Gasteiger partial charge in [-0.1, -0.05) is 26.7 Å². The molecule has 2 rings (SSSR count). The van der Waals surface area contributed by atoms with E-state index in [9.17, 15) is 0 Å². The van der Waals surface area contributed by atoms with Crippen LogP contribution in [0, 0.1) is 18.3 Å². The molecule has 1 aromatic rings. The zero-order chi connectivity index (χ0) is 13.9. The second kappa shape index (κ2) is 6.13. The Bertz CT molecular complexity index is 388. The Balaban J connectivity index is 1.91. The summed E-state index contributed by atoms with van der Waals surface area (Å²) in [6.07, 6.45) is 6.94. The number of aryl methyl sites for hydroxylation is 1. The minimum Gasteiger partial charge on any atom is -0.465 e. The molecular weight excluding hydrogens is 234 g/mol. The third kappa shape index (κ3) is 3.85. The summed E-state index contributed by atoms with van der Waals surface area (Å²) in [7, 11) is 0. The van der Waals surface area contributed by atoms with Crippen LogP contribution >= 0.6 is 0 Å². The molecule has 1 saturated carbocycles. The van der Waals surface area contributed by atoms with Crippen molar-refractivity contribution in [2.24, 2.45) is 11.3 Å². The van der Waals surface area contributed by atoms with Gasteiger partial charge in [0.25, 0.3) is 0 Å². The van der Waals surface area contributed by atoms with Gasteiger partial charge in [0.1, 0.15) is 11.5 Å². The number of nitrogens with one attached hydrogen (secondary N) is 1. The van der Waals surface area contributed by atoms with E-state index in [1.807, 2.05) is 13.0 Å². The van der Waals surface area contributed by atoms with Gasteiger partial charge in [-0.05, 0) is 56.6 Å². The Kier molecular flexibility index (Phi) is 4.72. The van der Waals surface area contributed by atoms with Crippen LogP contribution in [0.3, 0.4) is 0 Å². The highest BCUT2D eigenvalue weighted by Crippen LogP contribution is 2.43. The van der Waals surface area contributed by atoms with Gasteiger partial charge in [-0.3, -0.25) is 0 Å². The van der Waals surface area contributed by atoms with E-state index < -0.39 is 0 Å². The second-order valence-corrected chi connectivity index (χ2v) is 6.86. The summed E-state index contributed by atoms with van der Waals surface area (Å²) in [6.45, 7) is 10.0. The van der Waals surface area contributed by atoms with Gasteiger partial charge in [-0.15, -0.1) is 0 Å². The fraction of sp³-hybridized carbons (Fsp3) is 0.765. The van der Waals surface area contributed by atoms with Crippen LogP contribution in [0.25, 0.3) is 0 Å². The molecule has 1 unspecified atom stereocenters. The Morgan fingerprint density at radius 2 is 1.89 bits per heavy atom. The first-order chi connectivity index (χ1) is 9.01. The van der Waals surface area contributed by atoms with E-state index in [-0.39, 0.29) is 0 Å². The van der Waals surface area contributed by atoms with E-state index in [1.54, 1.807) is 0 Å². The van der Waals surface area contributed by atoms with E-state index in [0.29, 0.717) is 11.5 Å². The summed E-state index contributed by atoms with van der Waals surface area (Å²) in [5.74, 6) is 2.86. The lowest BCUT2D eigenvalue weighted by molar-refractivity contribution is 0.213. The lowest BCUT2D eigenvalue weighted by Crippen LogP contribution is -2.34. The molecule has 1 aromatic heterocycles. The van der Waals surface area contributed by atoms with Crippen LogP contribution in [-0.4, -0.2) is 6.54 Å². The molecular formula is C17H29NO. The molecule has 1 fully saturated rings. The normalized spacial score (nSPS) is 20.1. The van der Waals surface area contributed by atoms with Crippen molar-refractivity contribution in [3.63, 3.8) is 0 Å². The average molecular weight is 263 g/mol. The second-order valence-electron chi connectivity index (χ2n) is 6.86. The SMILES string of the molecule is Cc1ccc(C(C)NCC2(CC(C)C)CCCC2)o1. The van der Waals surface area contributed by atoms with Gasteiger partial charge in [0.15, 0.2) is 0 Å². The molecule has 2 nitrogen and oxygen atoms in total. The van der Waals surface area contributed by atoms with E-state index in [1.165, 1.54) is 32.1 Å². The van der Waals surface area contributed by atoms with Crippen LogP contribution in [0.1, 0.15) is 70.4 Å². The van der Waals surface area contributed by atoms with Gasteiger partial charge in [0.05, 0.1) is 6.04 Å².